The molecule has 0 saturated heterocycles. The summed E-state index contributed by atoms with van der Waals surface area (Å²) in [6.45, 7) is 3.83. The molecule has 0 bridgehead atoms. The van der Waals surface area contributed by atoms with Gasteiger partial charge < -0.3 is 5.11 Å². The van der Waals surface area contributed by atoms with Gasteiger partial charge in [-0.25, -0.2) is 13.1 Å². The molecule has 21 heavy (non-hydrogen) atoms. The van der Waals surface area contributed by atoms with Gasteiger partial charge in [0.15, 0.2) is 0 Å². The third-order valence-corrected chi connectivity index (χ3v) is 6.11. The number of aliphatic hydroxyl groups is 1. The Morgan fingerprint density at radius 3 is 2.14 bits per heavy atom. The van der Waals surface area contributed by atoms with Crippen molar-refractivity contribution in [2.75, 3.05) is 6.54 Å². The second-order valence-corrected chi connectivity index (χ2v) is 8.13. The van der Waals surface area contributed by atoms with E-state index in [1.807, 2.05) is 13.8 Å². The van der Waals surface area contributed by atoms with E-state index in [0.717, 1.165) is 12.8 Å². The Labute approximate surface area is 144 Å². The van der Waals surface area contributed by atoms with Crippen molar-refractivity contribution in [3.63, 3.8) is 0 Å². The van der Waals surface area contributed by atoms with Gasteiger partial charge in [-0.15, -0.1) is 0 Å². The fourth-order valence-electron chi connectivity index (χ4n) is 2.05. The molecule has 0 aromatic heterocycles. The molecule has 1 aromatic carbocycles. The summed E-state index contributed by atoms with van der Waals surface area (Å²) in [7, 11) is -3.88. The fraction of sp³-hybridized carbons (Fsp3) is 0.538. The van der Waals surface area contributed by atoms with Crippen molar-refractivity contribution in [3.05, 3.63) is 26.7 Å². The van der Waals surface area contributed by atoms with Crippen LogP contribution in [0, 0.1) is 5.92 Å². The lowest BCUT2D eigenvalue weighted by atomic mass is 9.97. The summed E-state index contributed by atoms with van der Waals surface area (Å²) in [6.07, 6.45) is 0.807. The van der Waals surface area contributed by atoms with Gasteiger partial charge in [0.05, 0.1) is 16.1 Å². The molecule has 1 unspecified atom stereocenters. The highest BCUT2D eigenvalue weighted by Gasteiger charge is 2.24. The van der Waals surface area contributed by atoms with Crippen molar-refractivity contribution in [2.24, 2.45) is 5.92 Å². The summed E-state index contributed by atoms with van der Waals surface area (Å²) >= 11 is 15.1. The maximum absolute atomic E-state index is 12.3. The van der Waals surface area contributed by atoms with Crippen LogP contribution in [-0.4, -0.2) is 26.2 Å². The Bertz CT molecular complexity index is 568. The minimum Gasteiger partial charge on any atom is -0.391 e. The smallest absolute Gasteiger partial charge is 0.243 e. The van der Waals surface area contributed by atoms with Crippen molar-refractivity contribution >= 4 is 49.2 Å². The predicted molar refractivity (Wildman–Crippen MR) is 89.4 cm³/mol. The lowest BCUT2D eigenvalue weighted by Crippen LogP contribution is -2.36. The van der Waals surface area contributed by atoms with Crippen LogP contribution in [0.4, 0.5) is 0 Å². The molecule has 0 aliphatic heterocycles. The zero-order chi connectivity index (χ0) is 16.2. The van der Waals surface area contributed by atoms with Gasteiger partial charge in [-0.05, 0) is 18.1 Å². The molecule has 1 rings (SSSR count). The van der Waals surface area contributed by atoms with E-state index in [0.29, 0.717) is 4.47 Å². The Balaban J connectivity index is 2.93. The van der Waals surface area contributed by atoms with Crippen LogP contribution in [0.15, 0.2) is 21.5 Å². The Morgan fingerprint density at radius 2 is 1.71 bits per heavy atom. The summed E-state index contributed by atoms with van der Waals surface area (Å²) in [5, 5.41) is 10.1. The number of hydrogen-bond donors (Lipinski definition) is 2. The normalized spacial score (nSPS) is 13.7. The third kappa shape index (κ3) is 5.08. The van der Waals surface area contributed by atoms with Gasteiger partial charge in [-0.3, -0.25) is 0 Å². The topological polar surface area (TPSA) is 66.4 Å². The standard InChI is InChI=1S/C13H18BrCl2NO3S/c1-3-8(4-2)12(18)7-17-21(19,20)13-10(15)5-9(14)6-11(13)16/h5-6,8,12,17-18H,3-4,7H2,1-2H3. The molecule has 4 nitrogen and oxygen atoms in total. The van der Waals surface area contributed by atoms with Crippen LogP contribution in [0.25, 0.3) is 0 Å². The first kappa shape index (κ1) is 19.2. The lowest BCUT2D eigenvalue weighted by Gasteiger charge is -2.20. The molecule has 0 spiro atoms. The minimum absolute atomic E-state index is 0.0268. The van der Waals surface area contributed by atoms with Gasteiger partial charge in [0.1, 0.15) is 4.90 Å². The van der Waals surface area contributed by atoms with Crippen molar-refractivity contribution in [3.8, 4) is 0 Å². The predicted octanol–water partition coefficient (Wildman–Crippen LogP) is 3.83. The molecule has 0 aliphatic rings. The average Bonchev–Trinajstić information content (AvgIpc) is 2.36. The fourth-order valence-corrected chi connectivity index (χ4v) is 5.04. The van der Waals surface area contributed by atoms with E-state index in [-0.39, 0.29) is 27.4 Å². The van der Waals surface area contributed by atoms with Gasteiger partial charge >= 0.3 is 0 Å². The second-order valence-electron chi connectivity index (χ2n) is 4.69. The van der Waals surface area contributed by atoms with Crippen LogP contribution < -0.4 is 4.72 Å². The molecule has 0 aliphatic carbocycles. The summed E-state index contributed by atoms with van der Waals surface area (Å²) < 4.78 is 27.5. The van der Waals surface area contributed by atoms with Crippen molar-refractivity contribution < 1.29 is 13.5 Å². The number of aliphatic hydroxyl groups excluding tert-OH is 1. The van der Waals surface area contributed by atoms with Gasteiger partial charge in [0.2, 0.25) is 10.0 Å². The van der Waals surface area contributed by atoms with Gasteiger partial charge in [-0.2, -0.15) is 0 Å². The Morgan fingerprint density at radius 1 is 1.24 bits per heavy atom. The molecule has 1 aromatic rings. The molecule has 0 heterocycles. The number of benzene rings is 1. The van der Waals surface area contributed by atoms with Crippen LogP contribution in [0.2, 0.25) is 10.0 Å². The molecule has 0 radical (unpaired) electrons. The Hall–Kier alpha value is 0.150. The summed E-state index contributed by atoms with van der Waals surface area (Å²) in [4.78, 5) is -0.175. The molecule has 2 N–H and O–H groups in total. The van der Waals surface area contributed by atoms with Gasteiger partial charge in [0.25, 0.3) is 0 Å². The largest absolute Gasteiger partial charge is 0.391 e. The molecule has 0 fully saturated rings. The van der Waals surface area contributed by atoms with Crippen molar-refractivity contribution in [2.45, 2.75) is 37.7 Å². The number of halogens is 3. The van der Waals surface area contributed by atoms with E-state index in [1.54, 1.807) is 0 Å². The second kappa shape index (κ2) is 8.13. The van der Waals surface area contributed by atoms with Gasteiger partial charge in [-0.1, -0.05) is 65.8 Å². The number of rotatable bonds is 7. The number of hydrogen-bond acceptors (Lipinski definition) is 3. The molecular formula is C13H18BrCl2NO3S. The number of sulfonamides is 1. The first-order valence-electron chi connectivity index (χ1n) is 6.55. The van der Waals surface area contributed by atoms with E-state index >= 15 is 0 Å². The van der Waals surface area contributed by atoms with Crippen LogP contribution in [0.1, 0.15) is 26.7 Å². The zero-order valence-electron chi connectivity index (χ0n) is 11.7. The highest BCUT2D eigenvalue weighted by Crippen LogP contribution is 2.32. The minimum atomic E-state index is -3.88. The molecule has 0 saturated carbocycles. The molecule has 1 atom stereocenters. The SMILES string of the molecule is CCC(CC)C(O)CNS(=O)(=O)c1c(Cl)cc(Br)cc1Cl. The zero-order valence-corrected chi connectivity index (χ0v) is 15.7. The van der Waals surface area contributed by atoms with E-state index in [4.69, 9.17) is 23.2 Å². The van der Waals surface area contributed by atoms with Gasteiger partial charge in [0, 0.05) is 11.0 Å². The molecule has 120 valence electrons. The lowest BCUT2D eigenvalue weighted by molar-refractivity contribution is 0.107. The monoisotopic (exact) mass is 417 g/mol. The summed E-state index contributed by atoms with van der Waals surface area (Å²) in [5.41, 5.74) is 0. The maximum Gasteiger partial charge on any atom is 0.243 e. The first-order chi connectivity index (χ1) is 9.72. The van der Waals surface area contributed by atoms with Crippen molar-refractivity contribution in [1.29, 1.82) is 0 Å². The average molecular weight is 419 g/mol. The maximum atomic E-state index is 12.3. The quantitative estimate of drug-likeness (QED) is 0.706. The molecular weight excluding hydrogens is 401 g/mol. The van der Waals surface area contributed by atoms with Crippen LogP contribution >= 0.6 is 39.1 Å². The Kier molecular flexibility index (Phi) is 7.43. The van der Waals surface area contributed by atoms with Crippen molar-refractivity contribution in [1.82, 2.24) is 4.72 Å². The first-order valence-corrected chi connectivity index (χ1v) is 9.58. The molecule has 0 amide bonds. The third-order valence-electron chi connectivity index (χ3n) is 3.31. The molecule has 8 heteroatoms. The van der Waals surface area contributed by atoms with E-state index in [9.17, 15) is 13.5 Å². The van der Waals surface area contributed by atoms with Crippen LogP contribution in [-0.2, 0) is 10.0 Å². The number of nitrogens with one attached hydrogen (secondary N) is 1. The summed E-state index contributed by atoms with van der Waals surface area (Å²) in [6, 6.07) is 2.92. The highest BCUT2D eigenvalue weighted by molar-refractivity contribution is 9.10. The van der Waals surface area contributed by atoms with E-state index in [2.05, 4.69) is 20.7 Å². The van der Waals surface area contributed by atoms with Crippen LogP contribution in [0.5, 0.6) is 0 Å². The highest BCUT2D eigenvalue weighted by atomic mass is 79.9. The van der Waals surface area contributed by atoms with E-state index < -0.39 is 16.1 Å². The summed E-state index contributed by atoms with van der Waals surface area (Å²) in [5.74, 6) is 0.0450. The van der Waals surface area contributed by atoms with Crippen LogP contribution in [0.3, 0.4) is 0 Å². The van der Waals surface area contributed by atoms with E-state index in [1.165, 1.54) is 12.1 Å².